The minimum Gasteiger partial charge on any atom is -0.454 e. The molecule has 5 rings (SSSR count). The van der Waals surface area contributed by atoms with E-state index in [1.54, 1.807) is 35.3 Å². The number of H-pyrrole nitrogens is 1. The summed E-state index contributed by atoms with van der Waals surface area (Å²) in [5.74, 6) is -0.936. The van der Waals surface area contributed by atoms with E-state index >= 15 is 0 Å². The molecule has 0 spiro atoms. The number of para-hydroxylation sites is 1. The van der Waals surface area contributed by atoms with E-state index in [1.165, 1.54) is 23.0 Å². The summed E-state index contributed by atoms with van der Waals surface area (Å²) >= 11 is 0. The third kappa shape index (κ3) is 3.79. The molecule has 0 radical (unpaired) electrons. The Hall–Kier alpha value is -4.46. The fraction of sp³-hybridized carbons (Fsp3) is 0.115. The number of carbonyl (C=O) groups is 2. The topological polar surface area (TPSA) is 81.9 Å². The van der Waals surface area contributed by atoms with Gasteiger partial charge in [-0.1, -0.05) is 25.1 Å². The Kier molecular flexibility index (Phi) is 5.55. The van der Waals surface area contributed by atoms with Crippen molar-refractivity contribution in [2.45, 2.75) is 13.3 Å². The van der Waals surface area contributed by atoms with Gasteiger partial charge in [0.25, 0.3) is 0 Å². The van der Waals surface area contributed by atoms with Gasteiger partial charge >= 0.3 is 5.97 Å². The molecule has 170 valence electrons. The van der Waals surface area contributed by atoms with Gasteiger partial charge in [0.15, 0.2) is 12.4 Å². The largest absolute Gasteiger partial charge is 0.454 e. The monoisotopic (exact) mass is 456 g/mol. The van der Waals surface area contributed by atoms with Gasteiger partial charge in [-0.3, -0.25) is 4.79 Å². The molecule has 8 heteroatoms. The summed E-state index contributed by atoms with van der Waals surface area (Å²) in [7, 11) is 0. The SMILES string of the molecule is CCc1cccc2c(C(=O)COC(=O)c3cnn(-c4ccc(F)cc4)c3-n3cccc3)c[nH]c12. The van der Waals surface area contributed by atoms with Crippen LogP contribution in [0.15, 0.2) is 79.4 Å². The highest BCUT2D eigenvalue weighted by Gasteiger charge is 2.23. The van der Waals surface area contributed by atoms with E-state index in [0.29, 0.717) is 17.1 Å². The molecule has 0 aliphatic heterocycles. The second kappa shape index (κ2) is 8.82. The highest BCUT2D eigenvalue weighted by Crippen LogP contribution is 2.24. The molecular weight excluding hydrogens is 435 g/mol. The molecule has 0 aliphatic carbocycles. The first kappa shape index (κ1) is 21.4. The molecule has 0 fully saturated rings. The maximum atomic E-state index is 13.4. The number of hydrogen-bond donors (Lipinski definition) is 1. The Morgan fingerprint density at radius 2 is 1.79 bits per heavy atom. The lowest BCUT2D eigenvalue weighted by molar-refractivity contribution is 0.0475. The van der Waals surface area contributed by atoms with Crippen LogP contribution < -0.4 is 0 Å². The molecular formula is C26H21FN4O3. The first-order valence-electron chi connectivity index (χ1n) is 10.8. The van der Waals surface area contributed by atoms with Crippen LogP contribution in [0.25, 0.3) is 22.4 Å². The summed E-state index contributed by atoms with van der Waals surface area (Å²) in [5, 5.41) is 5.12. The first-order chi connectivity index (χ1) is 16.6. The minimum atomic E-state index is -0.681. The van der Waals surface area contributed by atoms with Gasteiger partial charge in [-0.25, -0.2) is 13.9 Å². The second-order valence-electron chi connectivity index (χ2n) is 7.76. The molecule has 0 unspecified atom stereocenters. The smallest absolute Gasteiger partial charge is 0.344 e. The number of nitrogens with zero attached hydrogens (tertiary/aromatic N) is 3. The normalized spacial score (nSPS) is 11.1. The summed E-state index contributed by atoms with van der Waals surface area (Å²) in [6.45, 7) is 1.64. The van der Waals surface area contributed by atoms with Crippen LogP contribution in [0.5, 0.6) is 0 Å². The van der Waals surface area contributed by atoms with Crippen molar-refractivity contribution in [2.75, 3.05) is 6.61 Å². The number of benzene rings is 2. The lowest BCUT2D eigenvalue weighted by Gasteiger charge is -2.11. The van der Waals surface area contributed by atoms with Gasteiger partial charge in [-0.05, 0) is 48.4 Å². The Bertz CT molecular complexity index is 1480. The van der Waals surface area contributed by atoms with Crippen molar-refractivity contribution in [3.05, 3.63) is 102 Å². The fourth-order valence-electron chi connectivity index (χ4n) is 4.01. The van der Waals surface area contributed by atoms with Crippen molar-refractivity contribution in [2.24, 2.45) is 0 Å². The van der Waals surface area contributed by atoms with Crippen molar-refractivity contribution in [1.82, 2.24) is 19.3 Å². The second-order valence-corrected chi connectivity index (χ2v) is 7.76. The van der Waals surface area contributed by atoms with Crippen LogP contribution in [0.1, 0.15) is 33.2 Å². The average Bonchev–Trinajstić information content (AvgIpc) is 3.61. The maximum absolute atomic E-state index is 13.4. The van der Waals surface area contributed by atoms with E-state index in [4.69, 9.17) is 4.74 Å². The van der Waals surface area contributed by atoms with Gasteiger partial charge in [0, 0.05) is 35.1 Å². The number of carbonyl (C=O) groups excluding carboxylic acids is 2. The van der Waals surface area contributed by atoms with E-state index in [-0.39, 0.29) is 17.2 Å². The third-order valence-electron chi connectivity index (χ3n) is 5.70. The van der Waals surface area contributed by atoms with Gasteiger partial charge < -0.3 is 14.3 Å². The number of halogens is 1. The zero-order chi connectivity index (χ0) is 23.7. The minimum absolute atomic E-state index is 0.181. The van der Waals surface area contributed by atoms with Crippen LogP contribution in [0.4, 0.5) is 4.39 Å². The summed E-state index contributed by atoms with van der Waals surface area (Å²) in [4.78, 5) is 29.0. The van der Waals surface area contributed by atoms with Crippen LogP contribution in [0.3, 0.4) is 0 Å². The molecule has 5 aromatic rings. The summed E-state index contributed by atoms with van der Waals surface area (Å²) in [5.41, 5.74) is 3.25. The van der Waals surface area contributed by atoms with Gasteiger partial charge in [-0.2, -0.15) is 5.10 Å². The number of Topliss-reactive ketones (excluding diaryl/α,β-unsaturated/α-hetero) is 1. The van der Waals surface area contributed by atoms with Crippen molar-refractivity contribution in [3.63, 3.8) is 0 Å². The number of nitrogens with one attached hydrogen (secondary N) is 1. The number of esters is 1. The van der Waals surface area contributed by atoms with E-state index in [0.717, 1.165) is 22.9 Å². The predicted molar refractivity (Wildman–Crippen MR) is 125 cm³/mol. The lowest BCUT2D eigenvalue weighted by atomic mass is 10.1. The van der Waals surface area contributed by atoms with Crippen LogP contribution in [-0.4, -0.2) is 37.7 Å². The molecule has 0 saturated carbocycles. The van der Waals surface area contributed by atoms with E-state index < -0.39 is 12.6 Å². The molecule has 0 saturated heterocycles. The molecule has 34 heavy (non-hydrogen) atoms. The van der Waals surface area contributed by atoms with Crippen molar-refractivity contribution in [1.29, 1.82) is 0 Å². The molecule has 2 aromatic carbocycles. The molecule has 0 aliphatic rings. The number of ether oxygens (including phenoxy) is 1. The van der Waals surface area contributed by atoms with Crippen LogP contribution in [-0.2, 0) is 11.2 Å². The number of hydrogen-bond acceptors (Lipinski definition) is 4. The van der Waals surface area contributed by atoms with Crippen LogP contribution in [0.2, 0.25) is 0 Å². The summed E-state index contributed by atoms with van der Waals surface area (Å²) in [6.07, 6.45) is 7.38. The standard InChI is InChI=1S/C26H21FN4O3/c1-2-17-6-5-7-20-21(14-28-24(17)20)23(32)16-34-26(33)22-15-29-31(19-10-8-18(27)9-11-19)25(22)30-12-3-4-13-30/h3-15,28H,2,16H2,1H3. The van der Waals surface area contributed by atoms with E-state index in [1.807, 2.05) is 37.3 Å². The fourth-order valence-corrected chi connectivity index (χ4v) is 4.01. The van der Waals surface area contributed by atoms with Crippen molar-refractivity contribution < 1.29 is 18.7 Å². The zero-order valence-electron chi connectivity index (χ0n) is 18.4. The predicted octanol–water partition coefficient (Wildman–Crippen LogP) is 4.89. The van der Waals surface area contributed by atoms with Crippen LogP contribution >= 0.6 is 0 Å². The van der Waals surface area contributed by atoms with E-state index in [9.17, 15) is 14.0 Å². The first-order valence-corrected chi connectivity index (χ1v) is 10.8. The number of ketones is 1. The molecule has 3 aromatic heterocycles. The molecule has 7 nitrogen and oxygen atoms in total. The molecule has 1 N–H and O–H groups in total. The average molecular weight is 456 g/mol. The molecule has 3 heterocycles. The van der Waals surface area contributed by atoms with Crippen molar-refractivity contribution in [3.8, 4) is 11.5 Å². The zero-order valence-corrected chi connectivity index (χ0v) is 18.4. The molecule has 0 bridgehead atoms. The van der Waals surface area contributed by atoms with Gasteiger partial charge in [0.2, 0.25) is 5.78 Å². The summed E-state index contributed by atoms with van der Waals surface area (Å²) in [6, 6.07) is 15.2. The quantitative estimate of drug-likeness (QED) is 0.279. The van der Waals surface area contributed by atoms with Crippen molar-refractivity contribution >= 4 is 22.7 Å². The Labute approximate surface area is 194 Å². The molecule has 0 amide bonds. The Morgan fingerprint density at radius 1 is 1.03 bits per heavy atom. The number of aromatic amines is 1. The van der Waals surface area contributed by atoms with Gasteiger partial charge in [0.1, 0.15) is 11.4 Å². The van der Waals surface area contributed by atoms with E-state index in [2.05, 4.69) is 10.1 Å². The Balaban J connectivity index is 1.41. The number of aryl methyl sites for hydroxylation is 1. The number of rotatable bonds is 7. The van der Waals surface area contributed by atoms with Gasteiger partial charge in [0.05, 0.1) is 11.9 Å². The van der Waals surface area contributed by atoms with Gasteiger partial charge in [-0.15, -0.1) is 0 Å². The number of fused-ring (bicyclic) bond motifs is 1. The highest BCUT2D eigenvalue weighted by atomic mass is 19.1. The maximum Gasteiger partial charge on any atom is 0.344 e. The number of aromatic nitrogens is 4. The van der Waals surface area contributed by atoms with Crippen LogP contribution in [0, 0.1) is 5.82 Å². The molecule has 0 atom stereocenters. The highest BCUT2D eigenvalue weighted by molar-refractivity contribution is 6.09. The Morgan fingerprint density at radius 3 is 2.53 bits per heavy atom. The summed E-state index contributed by atoms with van der Waals surface area (Å²) < 4.78 is 22.0. The third-order valence-corrected chi connectivity index (χ3v) is 5.70. The lowest BCUT2D eigenvalue weighted by Crippen LogP contribution is -2.16.